The number of carbonyl (C=O) groups is 1. The minimum absolute atomic E-state index is 0.353. The van der Waals surface area contributed by atoms with Crippen molar-refractivity contribution in [3.05, 3.63) is 48.2 Å². The Kier molecular flexibility index (Phi) is 3.05. The number of nitrogens with zero attached hydrogens (tertiary/aromatic N) is 1. The van der Waals surface area contributed by atoms with Crippen LogP contribution in [0.1, 0.15) is 10.4 Å². The van der Waals surface area contributed by atoms with Gasteiger partial charge in [-0.25, -0.2) is 9.78 Å². The number of carbonyl (C=O) groups excluding carboxylic acids is 1. The summed E-state index contributed by atoms with van der Waals surface area (Å²) in [5, 5.41) is 0. The highest BCUT2D eigenvalue weighted by Crippen LogP contribution is 2.21. The van der Waals surface area contributed by atoms with E-state index in [2.05, 4.69) is 9.72 Å². The lowest BCUT2D eigenvalue weighted by molar-refractivity contribution is 0.0601. The monoisotopic (exact) mass is 228 g/mol. The predicted molar refractivity (Wildman–Crippen MR) is 65.4 cm³/mol. The highest BCUT2D eigenvalue weighted by molar-refractivity contribution is 5.91. The van der Waals surface area contributed by atoms with Crippen molar-refractivity contribution in [1.29, 1.82) is 0 Å². The van der Waals surface area contributed by atoms with Crippen molar-refractivity contribution >= 4 is 11.8 Å². The summed E-state index contributed by atoms with van der Waals surface area (Å²) in [5.41, 5.74) is 7.96. The summed E-state index contributed by atoms with van der Waals surface area (Å²) >= 11 is 0. The van der Waals surface area contributed by atoms with Crippen LogP contribution in [0.3, 0.4) is 0 Å². The van der Waals surface area contributed by atoms with Crippen molar-refractivity contribution in [3.63, 3.8) is 0 Å². The number of nitrogen functional groups attached to an aromatic ring is 1. The van der Waals surface area contributed by atoms with E-state index in [0.717, 1.165) is 11.1 Å². The maximum absolute atomic E-state index is 11.4. The number of hydrogen-bond acceptors (Lipinski definition) is 4. The summed E-state index contributed by atoms with van der Waals surface area (Å²) < 4.78 is 4.67. The third-order valence-electron chi connectivity index (χ3n) is 2.40. The molecule has 0 radical (unpaired) electrons. The zero-order chi connectivity index (χ0) is 12.3. The van der Waals surface area contributed by atoms with Crippen LogP contribution in [0.2, 0.25) is 0 Å². The number of methoxy groups -OCH3 is 1. The normalized spacial score (nSPS) is 9.94. The maximum Gasteiger partial charge on any atom is 0.337 e. The fraction of sp³-hybridized carbons (Fsp3) is 0.0769. The van der Waals surface area contributed by atoms with E-state index in [0.29, 0.717) is 11.4 Å². The van der Waals surface area contributed by atoms with Gasteiger partial charge in [0.15, 0.2) is 0 Å². The molecule has 86 valence electrons. The van der Waals surface area contributed by atoms with Gasteiger partial charge in [-0.05, 0) is 35.4 Å². The Morgan fingerprint density at radius 2 is 2.00 bits per heavy atom. The van der Waals surface area contributed by atoms with Crippen LogP contribution in [-0.2, 0) is 4.74 Å². The van der Waals surface area contributed by atoms with Crippen LogP contribution in [-0.4, -0.2) is 18.1 Å². The minimum Gasteiger partial charge on any atom is -0.465 e. The van der Waals surface area contributed by atoms with Crippen molar-refractivity contribution < 1.29 is 9.53 Å². The molecular weight excluding hydrogens is 216 g/mol. The summed E-state index contributed by atoms with van der Waals surface area (Å²) in [5.74, 6) is 0.0971. The molecule has 1 aromatic carbocycles. The molecule has 0 fully saturated rings. The third-order valence-corrected chi connectivity index (χ3v) is 2.40. The van der Waals surface area contributed by atoms with Gasteiger partial charge in [0.05, 0.1) is 12.7 Å². The Balaban J connectivity index is 2.43. The van der Waals surface area contributed by atoms with Gasteiger partial charge in [-0.1, -0.05) is 12.1 Å². The van der Waals surface area contributed by atoms with E-state index < -0.39 is 0 Å². The molecule has 0 atom stereocenters. The van der Waals surface area contributed by atoms with Crippen LogP contribution in [0, 0.1) is 0 Å². The van der Waals surface area contributed by atoms with Crippen LogP contribution >= 0.6 is 0 Å². The molecule has 2 rings (SSSR count). The molecule has 0 aliphatic carbocycles. The first-order chi connectivity index (χ1) is 8.20. The standard InChI is InChI=1S/C13H12N2O2/c1-17-13(16)11-4-2-3-9(7-11)10-5-6-15-12(14)8-10/h2-8H,1H3,(H2,14,15). The second kappa shape index (κ2) is 4.65. The van der Waals surface area contributed by atoms with Gasteiger partial charge in [-0.2, -0.15) is 0 Å². The largest absolute Gasteiger partial charge is 0.465 e. The van der Waals surface area contributed by atoms with Crippen molar-refractivity contribution in [2.24, 2.45) is 0 Å². The Bertz CT molecular complexity index is 553. The number of anilines is 1. The number of pyridine rings is 1. The fourth-order valence-corrected chi connectivity index (χ4v) is 1.57. The number of nitrogens with two attached hydrogens (primary N) is 1. The van der Waals surface area contributed by atoms with Crippen molar-refractivity contribution in [2.45, 2.75) is 0 Å². The summed E-state index contributed by atoms with van der Waals surface area (Å²) in [6.45, 7) is 0. The van der Waals surface area contributed by atoms with E-state index >= 15 is 0 Å². The minimum atomic E-state index is -0.353. The van der Waals surface area contributed by atoms with Gasteiger partial charge in [0.1, 0.15) is 5.82 Å². The van der Waals surface area contributed by atoms with E-state index in [1.165, 1.54) is 7.11 Å². The molecule has 0 amide bonds. The van der Waals surface area contributed by atoms with Gasteiger partial charge < -0.3 is 10.5 Å². The second-order valence-corrected chi connectivity index (χ2v) is 3.54. The molecule has 0 saturated heterocycles. The van der Waals surface area contributed by atoms with Crippen LogP contribution in [0.4, 0.5) is 5.82 Å². The van der Waals surface area contributed by atoms with E-state index in [1.807, 2.05) is 12.1 Å². The summed E-state index contributed by atoms with van der Waals surface area (Å²) in [4.78, 5) is 15.3. The highest BCUT2D eigenvalue weighted by atomic mass is 16.5. The zero-order valence-electron chi connectivity index (χ0n) is 9.38. The Morgan fingerprint density at radius 3 is 2.71 bits per heavy atom. The molecule has 2 N–H and O–H groups in total. The quantitative estimate of drug-likeness (QED) is 0.799. The van der Waals surface area contributed by atoms with Crippen molar-refractivity contribution in [2.75, 3.05) is 12.8 Å². The molecule has 0 bridgehead atoms. The number of hydrogen-bond donors (Lipinski definition) is 1. The molecule has 0 spiro atoms. The topological polar surface area (TPSA) is 65.2 Å². The van der Waals surface area contributed by atoms with E-state index in [9.17, 15) is 4.79 Å². The predicted octanol–water partition coefficient (Wildman–Crippen LogP) is 2.12. The fourth-order valence-electron chi connectivity index (χ4n) is 1.57. The van der Waals surface area contributed by atoms with Crippen LogP contribution < -0.4 is 5.73 Å². The van der Waals surface area contributed by atoms with Crippen molar-refractivity contribution in [3.8, 4) is 11.1 Å². The second-order valence-electron chi connectivity index (χ2n) is 3.54. The van der Waals surface area contributed by atoms with Crippen LogP contribution in [0.5, 0.6) is 0 Å². The molecule has 0 aliphatic heterocycles. The SMILES string of the molecule is COC(=O)c1cccc(-c2ccnc(N)c2)c1. The lowest BCUT2D eigenvalue weighted by Crippen LogP contribution is -2.00. The molecule has 17 heavy (non-hydrogen) atoms. The third kappa shape index (κ3) is 2.42. The molecule has 0 aliphatic rings. The van der Waals surface area contributed by atoms with Gasteiger partial charge in [0.25, 0.3) is 0 Å². The number of benzene rings is 1. The number of aromatic nitrogens is 1. The molecular formula is C13H12N2O2. The van der Waals surface area contributed by atoms with Crippen LogP contribution in [0.15, 0.2) is 42.6 Å². The van der Waals surface area contributed by atoms with Crippen LogP contribution in [0.25, 0.3) is 11.1 Å². The highest BCUT2D eigenvalue weighted by Gasteiger charge is 2.06. The van der Waals surface area contributed by atoms with Gasteiger partial charge in [-0.3, -0.25) is 0 Å². The first kappa shape index (κ1) is 11.1. The molecule has 1 aromatic heterocycles. The Labute approximate surface area is 99.1 Å². The van der Waals surface area contributed by atoms with Gasteiger partial charge in [0, 0.05) is 6.20 Å². The number of rotatable bonds is 2. The summed E-state index contributed by atoms with van der Waals surface area (Å²) in [7, 11) is 1.36. The van der Waals surface area contributed by atoms with Gasteiger partial charge in [0.2, 0.25) is 0 Å². The molecule has 4 heteroatoms. The Morgan fingerprint density at radius 1 is 1.24 bits per heavy atom. The molecule has 2 aromatic rings. The zero-order valence-corrected chi connectivity index (χ0v) is 9.38. The Hall–Kier alpha value is -2.36. The maximum atomic E-state index is 11.4. The smallest absolute Gasteiger partial charge is 0.337 e. The molecule has 0 saturated carbocycles. The van der Waals surface area contributed by atoms with E-state index in [1.54, 1.807) is 30.5 Å². The average Bonchev–Trinajstić information content (AvgIpc) is 2.38. The average molecular weight is 228 g/mol. The lowest BCUT2D eigenvalue weighted by atomic mass is 10.0. The van der Waals surface area contributed by atoms with E-state index in [-0.39, 0.29) is 5.97 Å². The first-order valence-corrected chi connectivity index (χ1v) is 5.11. The van der Waals surface area contributed by atoms with Crippen molar-refractivity contribution in [1.82, 2.24) is 4.98 Å². The van der Waals surface area contributed by atoms with Gasteiger partial charge >= 0.3 is 5.97 Å². The van der Waals surface area contributed by atoms with Gasteiger partial charge in [-0.15, -0.1) is 0 Å². The summed E-state index contributed by atoms with van der Waals surface area (Å²) in [6.07, 6.45) is 1.63. The molecule has 1 heterocycles. The molecule has 0 unspecified atom stereocenters. The summed E-state index contributed by atoms with van der Waals surface area (Å²) in [6, 6.07) is 10.8. The first-order valence-electron chi connectivity index (χ1n) is 5.11. The number of ether oxygens (including phenoxy) is 1. The molecule has 4 nitrogen and oxygen atoms in total. The number of esters is 1. The van der Waals surface area contributed by atoms with E-state index in [4.69, 9.17) is 5.73 Å². The lowest BCUT2D eigenvalue weighted by Gasteiger charge is -2.04.